The Kier molecular flexibility index (Phi) is 10.9. The summed E-state index contributed by atoms with van der Waals surface area (Å²) in [5.41, 5.74) is 0.352. The van der Waals surface area contributed by atoms with Crippen LogP contribution in [0.1, 0.15) is 72.3 Å². The maximum Gasteiger partial charge on any atom is 0.333 e. The molecule has 1 aromatic carbocycles. The number of amides is 1. The number of hydrazine groups is 1. The van der Waals surface area contributed by atoms with Gasteiger partial charge in [-0.15, -0.1) is 0 Å². The van der Waals surface area contributed by atoms with Gasteiger partial charge in [-0.05, 0) is 71.8 Å². The van der Waals surface area contributed by atoms with Crippen molar-refractivity contribution in [2.45, 2.75) is 97.6 Å². The van der Waals surface area contributed by atoms with E-state index in [0.29, 0.717) is 38.8 Å². The molecule has 4 atom stereocenters. The summed E-state index contributed by atoms with van der Waals surface area (Å²) >= 11 is 0. The molecule has 2 aliphatic rings. The Balaban J connectivity index is 1.72. The molecule has 0 spiro atoms. The number of benzene rings is 1. The highest BCUT2D eigenvalue weighted by Gasteiger charge is 2.43. The molecule has 3 rings (SSSR count). The molecule has 10 nitrogen and oxygen atoms in total. The number of nitrogens with one attached hydrogen (secondary N) is 1. The van der Waals surface area contributed by atoms with Crippen LogP contribution in [0.2, 0.25) is 0 Å². The average Bonchev–Trinajstić information content (AvgIpc) is 3.04. The van der Waals surface area contributed by atoms with Crippen molar-refractivity contribution >= 4 is 23.8 Å². The zero-order valence-corrected chi connectivity index (χ0v) is 23.8. The molecule has 39 heavy (non-hydrogen) atoms. The van der Waals surface area contributed by atoms with Gasteiger partial charge in [0.05, 0.1) is 18.1 Å². The molecule has 0 saturated carbocycles. The second kappa shape index (κ2) is 13.9. The van der Waals surface area contributed by atoms with E-state index in [9.17, 15) is 19.2 Å². The van der Waals surface area contributed by atoms with Gasteiger partial charge in [0.1, 0.15) is 12.1 Å². The Morgan fingerprint density at radius 2 is 1.72 bits per heavy atom. The molecule has 0 aromatic heterocycles. The monoisotopic (exact) mass is 545 g/mol. The van der Waals surface area contributed by atoms with Gasteiger partial charge in [0, 0.05) is 20.0 Å². The number of fused-ring (bicyclic) bond motifs is 1. The fraction of sp³-hybridized carbons (Fsp3) is 0.655. The van der Waals surface area contributed by atoms with E-state index in [1.54, 1.807) is 27.7 Å². The quantitative estimate of drug-likeness (QED) is 0.350. The van der Waals surface area contributed by atoms with Gasteiger partial charge < -0.3 is 14.2 Å². The topological polar surface area (TPSA) is 114 Å². The summed E-state index contributed by atoms with van der Waals surface area (Å²) in [5, 5.41) is 6.65. The third kappa shape index (κ3) is 8.50. The van der Waals surface area contributed by atoms with E-state index in [1.807, 2.05) is 35.3 Å². The average molecular weight is 546 g/mol. The molecule has 10 heteroatoms. The standard InChI is InChI=1S/C29H43N3O7/c1-6-37-26(34)23(17-16-21-12-8-7-9-13-21)30-22-14-10-18-31-19-11-15-24(32(31)25(22)33)27(35)38-20(2)39-28(36)29(3,4)5/h7-9,12-13,20,22-24,30H,6,10-11,14-19H2,1-5H3/t20-,22+,23+,24?/m1/s1. The third-order valence-corrected chi connectivity index (χ3v) is 6.90. The maximum absolute atomic E-state index is 13.9. The molecule has 2 fully saturated rings. The summed E-state index contributed by atoms with van der Waals surface area (Å²) < 4.78 is 16.1. The summed E-state index contributed by atoms with van der Waals surface area (Å²) in [4.78, 5) is 52.1. The lowest BCUT2D eigenvalue weighted by Crippen LogP contribution is -2.62. The lowest BCUT2D eigenvalue weighted by Gasteiger charge is -2.43. The first-order chi connectivity index (χ1) is 18.5. The Bertz CT molecular complexity index is 994. The maximum atomic E-state index is 13.9. The summed E-state index contributed by atoms with van der Waals surface area (Å²) in [5.74, 6) is -1.77. The molecule has 1 N–H and O–H groups in total. The van der Waals surface area contributed by atoms with Crippen LogP contribution in [-0.2, 0) is 39.8 Å². The van der Waals surface area contributed by atoms with Gasteiger partial charge in [0.2, 0.25) is 6.29 Å². The number of carbonyl (C=O) groups excluding carboxylic acids is 4. The van der Waals surface area contributed by atoms with Gasteiger partial charge in [-0.25, -0.2) is 9.80 Å². The molecule has 1 unspecified atom stereocenters. The molecular formula is C29H43N3O7. The van der Waals surface area contributed by atoms with Gasteiger partial charge in [-0.1, -0.05) is 30.3 Å². The first kappa shape index (κ1) is 30.6. The molecule has 2 heterocycles. The zero-order chi connectivity index (χ0) is 28.6. The number of hydrogen-bond donors (Lipinski definition) is 1. The van der Waals surface area contributed by atoms with Crippen molar-refractivity contribution in [2.24, 2.45) is 5.41 Å². The second-order valence-electron chi connectivity index (χ2n) is 11.1. The van der Waals surface area contributed by atoms with Crippen molar-refractivity contribution < 1.29 is 33.4 Å². The number of ether oxygens (including phenoxy) is 3. The molecule has 0 aliphatic carbocycles. The fourth-order valence-corrected chi connectivity index (χ4v) is 4.84. The summed E-state index contributed by atoms with van der Waals surface area (Å²) in [6.07, 6.45) is 2.43. The number of aryl methyl sites for hydroxylation is 1. The van der Waals surface area contributed by atoms with Crippen LogP contribution in [-0.4, -0.2) is 77.9 Å². The Labute approximate surface area is 231 Å². The smallest absolute Gasteiger partial charge is 0.333 e. The number of carbonyl (C=O) groups is 4. The highest BCUT2D eigenvalue weighted by atomic mass is 16.7. The lowest BCUT2D eigenvalue weighted by atomic mass is 9.97. The molecule has 216 valence electrons. The molecule has 2 saturated heterocycles. The number of esters is 3. The van der Waals surface area contributed by atoms with Crippen LogP contribution in [0.4, 0.5) is 0 Å². The number of nitrogens with zero attached hydrogens (tertiary/aromatic N) is 2. The van der Waals surface area contributed by atoms with E-state index in [2.05, 4.69) is 5.32 Å². The largest absolute Gasteiger partial charge is 0.465 e. The Hall–Kier alpha value is -2.98. The van der Waals surface area contributed by atoms with Crippen molar-refractivity contribution in [1.82, 2.24) is 15.3 Å². The van der Waals surface area contributed by atoms with E-state index < -0.39 is 47.7 Å². The van der Waals surface area contributed by atoms with Gasteiger partial charge in [0.15, 0.2) is 0 Å². The van der Waals surface area contributed by atoms with E-state index in [0.717, 1.165) is 18.4 Å². The van der Waals surface area contributed by atoms with Crippen molar-refractivity contribution in [2.75, 3.05) is 19.7 Å². The Morgan fingerprint density at radius 3 is 2.36 bits per heavy atom. The van der Waals surface area contributed by atoms with Gasteiger partial charge >= 0.3 is 17.9 Å². The first-order valence-corrected chi connectivity index (χ1v) is 14.0. The van der Waals surface area contributed by atoms with Crippen molar-refractivity contribution in [1.29, 1.82) is 0 Å². The fourth-order valence-electron chi connectivity index (χ4n) is 4.84. The second-order valence-corrected chi connectivity index (χ2v) is 11.1. The molecule has 1 aromatic rings. The minimum Gasteiger partial charge on any atom is -0.465 e. The molecular weight excluding hydrogens is 502 g/mol. The van der Waals surface area contributed by atoms with E-state index >= 15 is 0 Å². The molecule has 0 bridgehead atoms. The van der Waals surface area contributed by atoms with Crippen LogP contribution >= 0.6 is 0 Å². The summed E-state index contributed by atoms with van der Waals surface area (Å²) in [6.45, 7) is 9.90. The minimum atomic E-state index is -1.08. The predicted molar refractivity (Wildman–Crippen MR) is 144 cm³/mol. The highest BCUT2D eigenvalue weighted by molar-refractivity contribution is 5.88. The van der Waals surface area contributed by atoms with Gasteiger partial charge in [0.25, 0.3) is 5.91 Å². The van der Waals surface area contributed by atoms with Gasteiger partial charge in [-0.3, -0.25) is 24.7 Å². The molecule has 0 radical (unpaired) electrons. The van der Waals surface area contributed by atoms with Crippen LogP contribution in [0, 0.1) is 5.41 Å². The van der Waals surface area contributed by atoms with Crippen molar-refractivity contribution in [3.8, 4) is 0 Å². The van der Waals surface area contributed by atoms with Crippen molar-refractivity contribution in [3.05, 3.63) is 35.9 Å². The molecule has 2 aliphatic heterocycles. The van der Waals surface area contributed by atoms with Crippen molar-refractivity contribution in [3.63, 3.8) is 0 Å². The highest BCUT2D eigenvalue weighted by Crippen LogP contribution is 2.26. The SMILES string of the molecule is CCOC(=O)[C@H](CCc1ccccc1)N[C@H]1CCCN2CCCC(C(=O)O[C@@H](C)OC(=O)C(C)(C)C)N2C1=O. The first-order valence-electron chi connectivity index (χ1n) is 14.0. The van der Waals surface area contributed by atoms with E-state index in [4.69, 9.17) is 14.2 Å². The van der Waals surface area contributed by atoms with Crippen LogP contribution in [0.5, 0.6) is 0 Å². The van der Waals surface area contributed by atoms with Gasteiger partial charge in [-0.2, -0.15) is 0 Å². The van der Waals surface area contributed by atoms with Crippen LogP contribution in [0.25, 0.3) is 0 Å². The number of rotatable bonds is 10. The van der Waals surface area contributed by atoms with Crippen LogP contribution in [0.15, 0.2) is 30.3 Å². The molecule has 1 amide bonds. The Morgan fingerprint density at radius 1 is 1.05 bits per heavy atom. The predicted octanol–water partition coefficient (Wildman–Crippen LogP) is 2.99. The van der Waals surface area contributed by atoms with Crippen LogP contribution in [0.3, 0.4) is 0 Å². The minimum absolute atomic E-state index is 0.243. The number of hydrogen-bond acceptors (Lipinski definition) is 9. The van der Waals surface area contributed by atoms with E-state index in [-0.39, 0.29) is 12.5 Å². The summed E-state index contributed by atoms with van der Waals surface area (Å²) in [6, 6.07) is 7.67. The lowest BCUT2D eigenvalue weighted by molar-refractivity contribution is -0.202. The van der Waals surface area contributed by atoms with E-state index in [1.165, 1.54) is 11.9 Å². The van der Waals surface area contributed by atoms with Crippen LogP contribution < -0.4 is 5.32 Å². The zero-order valence-electron chi connectivity index (χ0n) is 23.8. The summed E-state index contributed by atoms with van der Waals surface area (Å²) in [7, 11) is 0. The third-order valence-electron chi connectivity index (χ3n) is 6.90. The normalized spacial score (nSPS) is 21.8.